The number of hydrogen-bond donors (Lipinski definition) is 0. The molecular formula is C24H30F3N5O2S2. The lowest BCUT2D eigenvalue weighted by atomic mass is 10.0. The van der Waals surface area contributed by atoms with Crippen LogP contribution in [0.4, 0.5) is 23.7 Å². The number of anilines is 1. The number of nitriles is 1. The first-order valence-electron chi connectivity index (χ1n) is 11.7. The van der Waals surface area contributed by atoms with Gasteiger partial charge in [0.05, 0.1) is 22.9 Å². The smallest absolute Gasteiger partial charge is 0.334 e. The molecule has 0 spiro atoms. The van der Waals surface area contributed by atoms with Crippen molar-refractivity contribution in [2.45, 2.75) is 44.8 Å². The third-order valence-electron chi connectivity index (χ3n) is 6.67. The Hall–Kier alpha value is -2.36. The highest BCUT2D eigenvalue weighted by molar-refractivity contribution is 8.12. The van der Waals surface area contributed by atoms with Crippen LogP contribution < -0.4 is 4.90 Å². The summed E-state index contributed by atoms with van der Waals surface area (Å²) in [6, 6.07) is 4.76. The Morgan fingerprint density at radius 1 is 1.14 bits per heavy atom. The van der Waals surface area contributed by atoms with Gasteiger partial charge in [-0.15, -0.1) is 0 Å². The number of halogens is 3. The second-order valence-corrected chi connectivity index (χ2v) is 10.5. The number of benzene rings is 1. The van der Waals surface area contributed by atoms with Crippen molar-refractivity contribution in [2.24, 2.45) is 0 Å². The van der Waals surface area contributed by atoms with Gasteiger partial charge in [0.25, 0.3) is 11.1 Å². The predicted octanol–water partition coefficient (Wildman–Crippen LogP) is 4.56. The number of amides is 2. The van der Waals surface area contributed by atoms with Gasteiger partial charge in [-0.1, -0.05) is 18.2 Å². The van der Waals surface area contributed by atoms with E-state index in [0.717, 1.165) is 69.0 Å². The van der Waals surface area contributed by atoms with Crippen molar-refractivity contribution in [1.29, 1.82) is 5.26 Å². The lowest BCUT2D eigenvalue weighted by molar-refractivity contribution is -0.137. The number of carbonyl (C=O) groups is 2. The number of hydrogen-bond acceptors (Lipinski definition) is 6. The molecule has 0 N–H and O–H groups in total. The van der Waals surface area contributed by atoms with Gasteiger partial charge < -0.3 is 9.80 Å². The van der Waals surface area contributed by atoms with Gasteiger partial charge in [-0.2, -0.15) is 18.4 Å². The van der Waals surface area contributed by atoms with Crippen LogP contribution in [-0.2, 0) is 11.0 Å². The second-order valence-electron chi connectivity index (χ2n) is 9.33. The van der Waals surface area contributed by atoms with E-state index in [1.54, 1.807) is 31.1 Å². The number of piperazine rings is 1. The van der Waals surface area contributed by atoms with Crippen molar-refractivity contribution >= 4 is 45.9 Å². The summed E-state index contributed by atoms with van der Waals surface area (Å²) in [5.74, 6) is -0.400. The van der Waals surface area contributed by atoms with Gasteiger partial charge in [-0.25, -0.2) is 0 Å². The molecule has 3 rings (SSSR count). The van der Waals surface area contributed by atoms with Crippen LogP contribution in [0.5, 0.6) is 0 Å². The van der Waals surface area contributed by atoms with E-state index in [9.17, 15) is 22.8 Å². The molecule has 2 heterocycles. The molecule has 2 aliphatic heterocycles. The van der Waals surface area contributed by atoms with Crippen LogP contribution in [0.15, 0.2) is 18.2 Å². The molecule has 36 heavy (non-hydrogen) atoms. The highest BCUT2D eigenvalue weighted by Crippen LogP contribution is 2.38. The van der Waals surface area contributed by atoms with Gasteiger partial charge in [0, 0.05) is 32.7 Å². The molecule has 0 bridgehead atoms. The van der Waals surface area contributed by atoms with E-state index in [2.05, 4.69) is 4.90 Å². The minimum absolute atomic E-state index is 0.00555. The van der Waals surface area contributed by atoms with Gasteiger partial charge in [-0.3, -0.25) is 19.4 Å². The third kappa shape index (κ3) is 5.95. The summed E-state index contributed by atoms with van der Waals surface area (Å²) in [7, 11) is 0. The quantitative estimate of drug-likeness (QED) is 0.370. The summed E-state index contributed by atoms with van der Waals surface area (Å²) in [5.41, 5.74) is -2.58. The average molecular weight is 542 g/mol. The number of carbonyl (C=O) groups excluding carboxylic acids is 2. The monoisotopic (exact) mass is 541 g/mol. The Morgan fingerprint density at radius 3 is 2.36 bits per heavy atom. The first-order chi connectivity index (χ1) is 16.9. The van der Waals surface area contributed by atoms with Gasteiger partial charge in [0.2, 0.25) is 0 Å². The van der Waals surface area contributed by atoms with E-state index in [4.69, 9.17) is 17.5 Å². The van der Waals surface area contributed by atoms with Crippen molar-refractivity contribution in [3.8, 4) is 6.07 Å². The van der Waals surface area contributed by atoms with E-state index in [1.165, 1.54) is 17.8 Å². The molecule has 0 saturated carbocycles. The molecule has 1 aromatic rings. The van der Waals surface area contributed by atoms with E-state index in [1.807, 2.05) is 4.90 Å². The number of nitrogens with zero attached hydrogens (tertiary/aromatic N) is 5. The van der Waals surface area contributed by atoms with Crippen LogP contribution in [-0.4, -0.2) is 82.0 Å². The van der Waals surface area contributed by atoms with Gasteiger partial charge in [0.1, 0.15) is 5.54 Å². The van der Waals surface area contributed by atoms with Crippen LogP contribution in [0.25, 0.3) is 0 Å². The van der Waals surface area contributed by atoms with Crippen LogP contribution >= 0.6 is 24.0 Å². The normalized spacial score (nSPS) is 18.6. The van der Waals surface area contributed by atoms with Crippen molar-refractivity contribution in [2.75, 3.05) is 50.4 Å². The molecule has 196 valence electrons. The molecule has 0 unspecified atom stereocenters. The maximum absolute atomic E-state index is 13.5. The van der Waals surface area contributed by atoms with Gasteiger partial charge >= 0.3 is 6.18 Å². The zero-order valence-corrected chi connectivity index (χ0v) is 22.2. The maximum atomic E-state index is 13.5. The van der Waals surface area contributed by atoms with Crippen LogP contribution in [0, 0.1) is 11.3 Å². The first-order valence-corrected chi connectivity index (χ1v) is 13.4. The third-order valence-corrected chi connectivity index (χ3v) is 7.68. The Bertz CT molecular complexity index is 1050. The van der Waals surface area contributed by atoms with E-state index in [-0.39, 0.29) is 16.0 Å². The molecule has 0 aliphatic carbocycles. The van der Waals surface area contributed by atoms with Crippen molar-refractivity contribution in [1.82, 2.24) is 14.7 Å². The van der Waals surface area contributed by atoms with Gasteiger partial charge in [-0.05, 0) is 69.9 Å². The maximum Gasteiger partial charge on any atom is 0.417 e. The molecule has 2 fully saturated rings. The fourth-order valence-electron chi connectivity index (χ4n) is 4.51. The van der Waals surface area contributed by atoms with Crippen molar-refractivity contribution in [3.63, 3.8) is 0 Å². The lowest BCUT2D eigenvalue weighted by Gasteiger charge is -2.34. The molecule has 0 atom stereocenters. The van der Waals surface area contributed by atoms with Crippen LogP contribution in [0.2, 0.25) is 0 Å². The number of alkyl halides is 3. The summed E-state index contributed by atoms with van der Waals surface area (Å²) >= 11 is 6.77. The zero-order valence-electron chi connectivity index (χ0n) is 20.6. The first kappa shape index (κ1) is 28.2. The lowest BCUT2D eigenvalue weighted by Crippen LogP contribution is -2.47. The standard InChI is InChI=1S/C24H30F3N5O2S2/c1-23(2)20(33)32(18-8-7-17(16-28)19(15-18)24(25,26)27)21(35)31(23)10-6-4-5-9-29-11-13-30(14-12-29)22(34)36-3/h7-8,15H,4-6,9-14H2,1-3H3. The van der Waals surface area contributed by atoms with E-state index in [0.29, 0.717) is 6.54 Å². The summed E-state index contributed by atoms with van der Waals surface area (Å²) < 4.78 is 40.4. The Morgan fingerprint density at radius 2 is 1.78 bits per heavy atom. The molecule has 2 amide bonds. The Balaban J connectivity index is 1.57. The largest absolute Gasteiger partial charge is 0.417 e. The fourth-order valence-corrected chi connectivity index (χ4v) is 5.46. The second kappa shape index (κ2) is 11.4. The summed E-state index contributed by atoms with van der Waals surface area (Å²) in [6.45, 7) is 8.03. The average Bonchev–Trinajstić information content (AvgIpc) is 3.01. The molecule has 7 nitrogen and oxygen atoms in total. The van der Waals surface area contributed by atoms with E-state index >= 15 is 0 Å². The number of thiocarbonyl (C=S) groups is 1. The molecule has 0 radical (unpaired) electrons. The van der Waals surface area contributed by atoms with Crippen LogP contribution in [0.1, 0.15) is 44.2 Å². The number of thioether (sulfide) groups is 1. The highest BCUT2D eigenvalue weighted by atomic mass is 32.2. The van der Waals surface area contributed by atoms with Gasteiger partial charge in [0.15, 0.2) is 5.11 Å². The Labute approximate surface area is 219 Å². The molecule has 2 saturated heterocycles. The molecule has 12 heteroatoms. The zero-order chi connectivity index (χ0) is 26.7. The molecule has 2 aliphatic rings. The minimum Gasteiger partial charge on any atom is -0.334 e. The summed E-state index contributed by atoms with van der Waals surface area (Å²) in [6.07, 6.45) is -0.296. The van der Waals surface area contributed by atoms with Crippen molar-refractivity contribution in [3.05, 3.63) is 29.3 Å². The Kier molecular flexibility index (Phi) is 8.90. The highest BCUT2D eigenvalue weighted by Gasteiger charge is 2.49. The fraction of sp³-hybridized carbons (Fsp3) is 0.583. The van der Waals surface area contributed by atoms with E-state index < -0.39 is 28.7 Å². The molecule has 0 aromatic heterocycles. The summed E-state index contributed by atoms with van der Waals surface area (Å²) in [4.78, 5) is 32.0. The number of unbranched alkanes of at least 4 members (excludes halogenated alkanes) is 2. The SMILES string of the molecule is CSC(=O)N1CCN(CCCCCN2C(=S)N(c3ccc(C#N)c(C(F)(F)F)c3)C(=O)C2(C)C)CC1. The molecule has 1 aromatic carbocycles. The summed E-state index contributed by atoms with van der Waals surface area (Å²) in [5, 5.41) is 9.32. The minimum atomic E-state index is -4.72. The number of rotatable bonds is 7. The van der Waals surface area contributed by atoms with Crippen LogP contribution in [0.3, 0.4) is 0 Å². The predicted molar refractivity (Wildman–Crippen MR) is 138 cm³/mol. The van der Waals surface area contributed by atoms with Crippen molar-refractivity contribution < 1.29 is 22.8 Å². The topological polar surface area (TPSA) is 70.9 Å². The molecular weight excluding hydrogens is 511 g/mol.